The third-order valence-electron chi connectivity index (χ3n) is 8.54. The van der Waals surface area contributed by atoms with Crippen molar-refractivity contribution in [2.75, 3.05) is 39.2 Å². The lowest BCUT2D eigenvalue weighted by atomic mass is 9.69. The summed E-state index contributed by atoms with van der Waals surface area (Å²) >= 11 is 0. The van der Waals surface area contributed by atoms with Gasteiger partial charge in [0.05, 0.1) is 19.9 Å². The molecular formula is C30H39N3O4. The molecule has 3 aliphatic rings. The maximum Gasteiger partial charge on any atom is 0.254 e. The molecule has 2 aromatic carbocycles. The van der Waals surface area contributed by atoms with Gasteiger partial charge >= 0.3 is 0 Å². The van der Waals surface area contributed by atoms with Gasteiger partial charge < -0.3 is 19.7 Å². The van der Waals surface area contributed by atoms with E-state index in [0.717, 1.165) is 31.4 Å². The quantitative estimate of drug-likeness (QED) is 0.557. The van der Waals surface area contributed by atoms with Crippen LogP contribution in [0.25, 0.3) is 0 Å². The topological polar surface area (TPSA) is 71.1 Å². The van der Waals surface area contributed by atoms with Gasteiger partial charge in [0.2, 0.25) is 5.91 Å². The van der Waals surface area contributed by atoms with Crippen LogP contribution in [-0.2, 0) is 4.79 Å². The number of piperidine rings is 3. The lowest BCUT2D eigenvalue weighted by Crippen LogP contribution is -2.65. The number of rotatable bonds is 8. The van der Waals surface area contributed by atoms with Crippen LogP contribution in [0.2, 0.25) is 0 Å². The molecule has 3 heterocycles. The summed E-state index contributed by atoms with van der Waals surface area (Å²) in [7, 11) is 3.19. The largest absolute Gasteiger partial charge is 0.497 e. The van der Waals surface area contributed by atoms with E-state index < -0.39 is 0 Å². The highest BCUT2D eigenvalue weighted by Crippen LogP contribution is 2.43. The highest BCUT2D eigenvalue weighted by atomic mass is 16.5. The van der Waals surface area contributed by atoms with E-state index in [0.29, 0.717) is 41.5 Å². The van der Waals surface area contributed by atoms with E-state index in [1.54, 1.807) is 26.4 Å². The molecule has 4 atom stereocenters. The summed E-state index contributed by atoms with van der Waals surface area (Å²) in [6.45, 7) is 3.19. The van der Waals surface area contributed by atoms with Crippen molar-refractivity contribution >= 4 is 17.5 Å². The highest BCUT2D eigenvalue weighted by Gasteiger charge is 2.49. The zero-order chi connectivity index (χ0) is 25.8. The zero-order valence-corrected chi connectivity index (χ0v) is 22.0. The normalized spacial score (nSPS) is 25.2. The van der Waals surface area contributed by atoms with Crippen LogP contribution < -0.4 is 14.8 Å². The van der Waals surface area contributed by atoms with E-state index in [-0.39, 0.29) is 17.9 Å². The number of likely N-dealkylation sites (tertiary alicyclic amines) is 1. The monoisotopic (exact) mass is 505 g/mol. The average molecular weight is 506 g/mol. The Labute approximate surface area is 220 Å². The number of carbonyl (C=O) groups is 2. The SMILES string of the molecule is COc1ccc(OC)c(NC(=O)CCC[C@@H]2[C@H]3CCCN4CCC[C@@H](CN2C(=O)c2ccccc2)[C@@H]34)c1. The Hall–Kier alpha value is -3.06. The number of hydrogen-bond donors (Lipinski definition) is 1. The van der Waals surface area contributed by atoms with Crippen LogP contribution in [0.15, 0.2) is 48.5 Å². The second-order valence-electron chi connectivity index (χ2n) is 10.6. The van der Waals surface area contributed by atoms with E-state index >= 15 is 0 Å². The molecule has 5 rings (SSSR count). The van der Waals surface area contributed by atoms with Crippen molar-refractivity contribution in [2.45, 2.75) is 57.0 Å². The molecule has 0 saturated carbocycles. The van der Waals surface area contributed by atoms with E-state index in [1.165, 1.54) is 32.4 Å². The molecule has 2 amide bonds. The van der Waals surface area contributed by atoms with Crippen LogP contribution in [0.3, 0.4) is 0 Å². The first-order valence-corrected chi connectivity index (χ1v) is 13.7. The molecule has 198 valence electrons. The van der Waals surface area contributed by atoms with Gasteiger partial charge in [0.15, 0.2) is 0 Å². The fourth-order valence-corrected chi connectivity index (χ4v) is 6.94. The van der Waals surface area contributed by atoms with Crippen molar-refractivity contribution in [1.29, 1.82) is 0 Å². The summed E-state index contributed by atoms with van der Waals surface area (Å²) in [4.78, 5) is 31.5. The Morgan fingerprint density at radius 2 is 1.78 bits per heavy atom. The molecule has 7 nitrogen and oxygen atoms in total. The second-order valence-corrected chi connectivity index (χ2v) is 10.6. The summed E-state index contributed by atoms with van der Waals surface area (Å²) in [6.07, 6.45) is 6.74. The Balaban J connectivity index is 1.29. The van der Waals surface area contributed by atoms with Crippen LogP contribution in [0, 0.1) is 11.8 Å². The number of amides is 2. The molecule has 37 heavy (non-hydrogen) atoms. The minimum absolute atomic E-state index is 0.0517. The molecule has 3 saturated heterocycles. The van der Waals surface area contributed by atoms with Crippen molar-refractivity contribution in [3.8, 4) is 11.5 Å². The van der Waals surface area contributed by atoms with Crippen LogP contribution in [0.5, 0.6) is 11.5 Å². The molecule has 3 aliphatic heterocycles. The van der Waals surface area contributed by atoms with Crippen LogP contribution in [0.4, 0.5) is 5.69 Å². The number of benzene rings is 2. The van der Waals surface area contributed by atoms with Gasteiger partial charge in [0.1, 0.15) is 11.5 Å². The van der Waals surface area contributed by atoms with Gasteiger partial charge in [0.25, 0.3) is 5.91 Å². The first-order chi connectivity index (χ1) is 18.1. The van der Waals surface area contributed by atoms with Gasteiger partial charge in [-0.3, -0.25) is 14.5 Å². The van der Waals surface area contributed by atoms with Gasteiger partial charge in [-0.1, -0.05) is 18.2 Å². The Bertz CT molecular complexity index is 1090. The number of methoxy groups -OCH3 is 2. The van der Waals surface area contributed by atoms with Gasteiger partial charge in [-0.25, -0.2) is 0 Å². The fourth-order valence-electron chi connectivity index (χ4n) is 6.94. The Kier molecular flexibility index (Phi) is 7.99. The van der Waals surface area contributed by atoms with E-state index in [9.17, 15) is 9.59 Å². The Morgan fingerprint density at radius 3 is 2.54 bits per heavy atom. The third kappa shape index (κ3) is 5.47. The smallest absolute Gasteiger partial charge is 0.254 e. The van der Waals surface area contributed by atoms with Crippen molar-refractivity contribution in [2.24, 2.45) is 11.8 Å². The van der Waals surface area contributed by atoms with Crippen molar-refractivity contribution in [3.05, 3.63) is 54.1 Å². The van der Waals surface area contributed by atoms with Gasteiger partial charge in [0, 0.05) is 36.7 Å². The van der Waals surface area contributed by atoms with Gasteiger partial charge in [-0.15, -0.1) is 0 Å². The van der Waals surface area contributed by atoms with Gasteiger partial charge in [-0.05, 0) is 87.7 Å². The minimum atomic E-state index is -0.0517. The maximum atomic E-state index is 13.7. The van der Waals surface area contributed by atoms with E-state index in [4.69, 9.17) is 9.47 Å². The molecular weight excluding hydrogens is 466 g/mol. The summed E-state index contributed by atoms with van der Waals surface area (Å²) in [5.41, 5.74) is 1.37. The third-order valence-corrected chi connectivity index (χ3v) is 8.54. The maximum absolute atomic E-state index is 13.7. The molecule has 1 N–H and O–H groups in total. The average Bonchev–Trinajstić information content (AvgIpc) is 2.94. The van der Waals surface area contributed by atoms with Crippen molar-refractivity contribution in [3.63, 3.8) is 0 Å². The number of anilines is 1. The molecule has 0 aromatic heterocycles. The fraction of sp³-hybridized carbons (Fsp3) is 0.533. The lowest BCUT2D eigenvalue weighted by Gasteiger charge is -2.57. The standard InChI is InChI=1S/C30H39N3O4/c1-36-23-15-16-27(37-2)25(19-23)31-28(34)14-6-13-26-24-12-8-18-32-17-7-11-22(29(24)32)20-33(26)30(35)21-9-4-3-5-10-21/h3-5,9-10,15-16,19,22,24,26,29H,6-8,11-14,17-18,20H2,1-2H3,(H,31,34)/t22-,24+,26+,29-/m0/s1. The predicted octanol–water partition coefficient (Wildman–Crippen LogP) is 4.83. The van der Waals surface area contributed by atoms with E-state index in [1.807, 2.05) is 36.4 Å². The van der Waals surface area contributed by atoms with Crippen LogP contribution >= 0.6 is 0 Å². The number of hydrogen-bond acceptors (Lipinski definition) is 5. The summed E-state index contributed by atoms with van der Waals surface area (Å²) in [5, 5.41) is 2.99. The molecule has 0 bridgehead atoms. The molecule has 0 spiro atoms. The minimum Gasteiger partial charge on any atom is -0.497 e. The number of ether oxygens (including phenoxy) is 2. The Morgan fingerprint density at radius 1 is 1.00 bits per heavy atom. The summed E-state index contributed by atoms with van der Waals surface area (Å²) in [6, 6.07) is 15.8. The van der Waals surface area contributed by atoms with Crippen molar-refractivity contribution < 1.29 is 19.1 Å². The summed E-state index contributed by atoms with van der Waals surface area (Å²) in [5.74, 6) is 2.37. The molecule has 2 aromatic rings. The lowest BCUT2D eigenvalue weighted by molar-refractivity contribution is -0.116. The summed E-state index contributed by atoms with van der Waals surface area (Å²) < 4.78 is 10.7. The zero-order valence-electron chi connectivity index (χ0n) is 22.0. The number of nitrogens with zero attached hydrogens (tertiary/aromatic N) is 2. The first kappa shape index (κ1) is 25.6. The number of carbonyl (C=O) groups excluding carboxylic acids is 2. The number of nitrogens with one attached hydrogen (secondary N) is 1. The van der Waals surface area contributed by atoms with Crippen LogP contribution in [-0.4, -0.2) is 67.6 Å². The van der Waals surface area contributed by atoms with Crippen LogP contribution in [0.1, 0.15) is 55.3 Å². The van der Waals surface area contributed by atoms with Crippen molar-refractivity contribution in [1.82, 2.24) is 9.80 Å². The first-order valence-electron chi connectivity index (χ1n) is 13.7. The second kappa shape index (κ2) is 11.5. The van der Waals surface area contributed by atoms with Gasteiger partial charge in [-0.2, -0.15) is 0 Å². The molecule has 7 heteroatoms. The van der Waals surface area contributed by atoms with E-state index in [2.05, 4.69) is 15.1 Å². The molecule has 0 radical (unpaired) electrons. The molecule has 0 aliphatic carbocycles. The molecule has 3 fully saturated rings. The highest BCUT2D eigenvalue weighted by molar-refractivity contribution is 5.94. The molecule has 0 unspecified atom stereocenters. The predicted molar refractivity (Wildman–Crippen MR) is 144 cm³/mol.